The fourth-order valence-corrected chi connectivity index (χ4v) is 3.30. The van der Waals surface area contributed by atoms with Crippen LogP contribution in [0.5, 0.6) is 17.2 Å². The summed E-state index contributed by atoms with van der Waals surface area (Å²) in [5.41, 5.74) is 0.809. The van der Waals surface area contributed by atoms with E-state index in [1.807, 2.05) is 12.1 Å². The highest BCUT2D eigenvalue weighted by molar-refractivity contribution is 5.91. The lowest BCUT2D eigenvalue weighted by molar-refractivity contribution is -0.116. The highest BCUT2D eigenvalue weighted by Gasteiger charge is 2.12. The van der Waals surface area contributed by atoms with E-state index in [-0.39, 0.29) is 5.91 Å². The molecule has 1 aliphatic heterocycles. The fourth-order valence-electron chi connectivity index (χ4n) is 3.30. The van der Waals surface area contributed by atoms with E-state index < -0.39 is 0 Å². The van der Waals surface area contributed by atoms with Crippen molar-refractivity contribution in [3.05, 3.63) is 23.8 Å². The van der Waals surface area contributed by atoms with Gasteiger partial charge in [-0.2, -0.15) is 0 Å². The number of carbonyl (C=O) groups excluding carboxylic acids is 1. The number of rotatable bonds is 9. The Bertz CT molecular complexity index is 598. The van der Waals surface area contributed by atoms with Crippen molar-refractivity contribution < 1.29 is 19.0 Å². The maximum absolute atomic E-state index is 12.1. The van der Waals surface area contributed by atoms with Crippen molar-refractivity contribution in [1.29, 1.82) is 0 Å². The molecule has 2 rings (SSSR count). The van der Waals surface area contributed by atoms with Crippen LogP contribution >= 0.6 is 0 Å². The maximum Gasteiger partial charge on any atom is 0.243 e. The van der Waals surface area contributed by atoms with Crippen molar-refractivity contribution in [3.8, 4) is 17.2 Å². The Morgan fingerprint density at radius 3 is 2.22 bits per heavy atom. The van der Waals surface area contributed by atoms with Crippen LogP contribution in [0.2, 0.25) is 0 Å². The Morgan fingerprint density at radius 2 is 1.67 bits per heavy atom. The summed E-state index contributed by atoms with van der Waals surface area (Å²) < 4.78 is 16.0. The van der Waals surface area contributed by atoms with Crippen LogP contribution in [0, 0.1) is 0 Å². The van der Waals surface area contributed by atoms with Gasteiger partial charge in [0.25, 0.3) is 0 Å². The van der Waals surface area contributed by atoms with Crippen molar-refractivity contribution in [3.63, 3.8) is 0 Å². The first-order valence-corrected chi connectivity index (χ1v) is 9.66. The second-order valence-electron chi connectivity index (χ2n) is 6.69. The molecule has 1 saturated heterocycles. The normalized spacial score (nSPS) is 15.4. The van der Waals surface area contributed by atoms with E-state index in [9.17, 15) is 4.79 Å². The number of methoxy groups -OCH3 is 3. The van der Waals surface area contributed by atoms with Crippen molar-refractivity contribution >= 4 is 12.0 Å². The minimum Gasteiger partial charge on any atom is -0.493 e. The molecule has 27 heavy (non-hydrogen) atoms. The number of likely N-dealkylation sites (tertiary alicyclic amines) is 1. The van der Waals surface area contributed by atoms with Crippen molar-refractivity contribution in [2.75, 3.05) is 47.5 Å². The van der Waals surface area contributed by atoms with E-state index in [0.29, 0.717) is 23.8 Å². The van der Waals surface area contributed by atoms with Gasteiger partial charge in [0, 0.05) is 12.6 Å². The lowest BCUT2D eigenvalue weighted by Crippen LogP contribution is -2.30. The maximum atomic E-state index is 12.1. The molecular formula is C21H32N2O4. The lowest BCUT2D eigenvalue weighted by atomic mass is 10.1. The number of carbonyl (C=O) groups is 1. The molecule has 1 heterocycles. The third kappa shape index (κ3) is 6.79. The van der Waals surface area contributed by atoms with Crippen molar-refractivity contribution in [2.24, 2.45) is 0 Å². The average molecular weight is 376 g/mol. The van der Waals surface area contributed by atoms with Gasteiger partial charge in [-0.1, -0.05) is 12.8 Å². The van der Waals surface area contributed by atoms with E-state index >= 15 is 0 Å². The van der Waals surface area contributed by atoms with Crippen LogP contribution in [0.3, 0.4) is 0 Å². The molecule has 1 aromatic rings. The zero-order valence-electron chi connectivity index (χ0n) is 16.8. The summed E-state index contributed by atoms with van der Waals surface area (Å²) in [5.74, 6) is 1.57. The second-order valence-corrected chi connectivity index (χ2v) is 6.69. The van der Waals surface area contributed by atoms with Crippen LogP contribution in [-0.2, 0) is 4.79 Å². The van der Waals surface area contributed by atoms with Crippen LogP contribution < -0.4 is 19.5 Å². The highest BCUT2D eigenvalue weighted by atomic mass is 16.5. The SMILES string of the molecule is COc1cc(C=CC(=O)NCCCN2CCCCCC2)cc(OC)c1OC. The van der Waals surface area contributed by atoms with E-state index in [0.717, 1.165) is 18.5 Å². The van der Waals surface area contributed by atoms with Gasteiger partial charge < -0.3 is 24.4 Å². The molecule has 0 unspecified atom stereocenters. The fraction of sp³-hybridized carbons (Fsp3) is 0.571. The number of nitrogens with zero attached hydrogens (tertiary/aromatic N) is 1. The summed E-state index contributed by atoms with van der Waals surface area (Å²) in [6.45, 7) is 4.12. The number of benzene rings is 1. The molecule has 0 spiro atoms. The Kier molecular flexibility index (Phi) is 8.98. The third-order valence-electron chi connectivity index (χ3n) is 4.76. The summed E-state index contributed by atoms with van der Waals surface area (Å²) in [7, 11) is 4.71. The van der Waals surface area contributed by atoms with Gasteiger partial charge in [0.05, 0.1) is 21.3 Å². The highest BCUT2D eigenvalue weighted by Crippen LogP contribution is 2.38. The van der Waals surface area contributed by atoms with Crippen LogP contribution in [0.15, 0.2) is 18.2 Å². The molecule has 0 bridgehead atoms. The first-order valence-electron chi connectivity index (χ1n) is 9.66. The minimum absolute atomic E-state index is 0.0976. The van der Waals surface area contributed by atoms with Crippen LogP contribution in [0.25, 0.3) is 6.08 Å². The van der Waals surface area contributed by atoms with E-state index in [4.69, 9.17) is 14.2 Å². The van der Waals surface area contributed by atoms with Gasteiger partial charge in [-0.3, -0.25) is 4.79 Å². The van der Waals surface area contributed by atoms with Gasteiger partial charge in [0.2, 0.25) is 11.7 Å². The Morgan fingerprint density at radius 1 is 1.04 bits per heavy atom. The summed E-state index contributed by atoms with van der Waals surface area (Å²) in [4.78, 5) is 14.6. The standard InChI is InChI=1S/C21H32N2O4/c1-25-18-15-17(16-19(26-2)21(18)27-3)9-10-20(24)22-11-8-14-23-12-6-4-5-7-13-23/h9-10,15-16H,4-8,11-14H2,1-3H3,(H,22,24). The molecule has 1 N–H and O–H groups in total. The predicted molar refractivity (Wildman–Crippen MR) is 108 cm³/mol. The van der Waals surface area contributed by atoms with Gasteiger partial charge >= 0.3 is 0 Å². The quantitative estimate of drug-likeness (QED) is 0.530. The molecule has 0 atom stereocenters. The first kappa shape index (κ1) is 21.1. The summed E-state index contributed by atoms with van der Waals surface area (Å²) in [5, 5.41) is 2.95. The summed E-state index contributed by atoms with van der Waals surface area (Å²) >= 11 is 0. The van der Waals surface area contributed by atoms with Gasteiger partial charge in [-0.05, 0) is 62.7 Å². The lowest BCUT2D eigenvalue weighted by Gasteiger charge is -2.19. The third-order valence-corrected chi connectivity index (χ3v) is 4.76. The molecule has 0 saturated carbocycles. The average Bonchev–Trinajstić information content (AvgIpc) is 2.97. The molecule has 1 amide bonds. The number of nitrogens with one attached hydrogen (secondary N) is 1. The van der Waals surface area contributed by atoms with Crippen molar-refractivity contribution in [1.82, 2.24) is 10.2 Å². The molecule has 150 valence electrons. The van der Waals surface area contributed by atoms with Gasteiger partial charge in [-0.15, -0.1) is 0 Å². The van der Waals surface area contributed by atoms with Crippen LogP contribution in [0.1, 0.15) is 37.7 Å². The van der Waals surface area contributed by atoms with Crippen molar-refractivity contribution in [2.45, 2.75) is 32.1 Å². The zero-order valence-corrected chi connectivity index (χ0v) is 16.8. The second kappa shape index (κ2) is 11.5. The molecule has 6 heteroatoms. The van der Waals surface area contributed by atoms with Gasteiger partial charge in [0.15, 0.2) is 11.5 Å². The number of hydrogen-bond donors (Lipinski definition) is 1. The Balaban J connectivity index is 1.81. The predicted octanol–water partition coefficient (Wildman–Crippen LogP) is 3.11. The molecule has 1 aromatic carbocycles. The van der Waals surface area contributed by atoms with E-state index in [2.05, 4.69) is 10.2 Å². The summed E-state index contributed by atoms with van der Waals surface area (Å²) in [6, 6.07) is 3.62. The Labute approximate surface area is 162 Å². The monoisotopic (exact) mass is 376 g/mol. The smallest absolute Gasteiger partial charge is 0.243 e. The molecule has 0 aromatic heterocycles. The van der Waals surface area contributed by atoms with E-state index in [1.54, 1.807) is 27.4 Å². The Hall–Kier alpha value is -2.21. The van der Waals surface area contributed by atoms with Crippen LogP contribution in [0.4, 0.5) is 0 Å². The molecule has 0 radical (unpaired) electrons. The molecule has 0 aliphatic carbocycles. The van der Waals surface area contributed by atoms with Gasteiger partial charge in [0.1, 0.15) is 0 Å². The summed E-state index contributed by atoms with van der Waals surface area (Å²) in [6.07, 6.45) is 9.54. The molecular weight excluding hydrogens is 344 g/mol. The minimum atomic E-state index is -0.0976. The van der Waals surface area contributed by atoms with Crippen LogP contribution in [-0.4, -0.2) is 58.3 Å². The van der Waals surface area contributed by atoms with Gasteiger partial charge in [-0.25, -0.2) is 0 Å². The number of hydrogen-bond acceptors (Lipinski definition) is 5. The number of amides is 1. The number of ether oxygens (including phenoxy) is 3. The first-order chi connectivity index (χ1) is 13.2. The largest absolute Gasteiger partial charge is 0.493 e. The molecule has 1 aliphatic rings. The topological polar surface area (TPSA) is 60.0 Å². The molecule has 6 nitrogen and oxygen atoms in total. The molecule has 1 fully saturated rings. The van der Waals surface area contributed by atoms with E-state index in [1.165, 1.54) is 44.8 Å². The zero-order chi connectivity index (χ0) is 19.5.